The lowest BCUT2D eigenvalue weighted by Gasteiger charge is -2.19. The Labute approximate surface area is 191 Å². The van der Waals surface area contributed by atoms with Gasteiger partial charge in [0.15, 0.2) is 0 Å². The van der Waals surface area contributed by atoms with E-state index in [2.05, 4.69) is 15.5 Å². The molecule has 0 saturated heterocycles. The molecule has 0 aliphatic heterocycles. The number of hydrogen-bond donors (Lipinski definition) is 0. The van der Waals surface area contributed by atoms with E-state index in [9.17, 15) is 18.8 Å². The summed E-state index contributed by atoms with van der Waals surface area (Å²) in [5.74, 6) is 0.646. The molecule has 0 bridgehead atoms. The van der Waals surface area contributed by atoms with E-state index in [-0.39, 0.29) is 5.76 Å². The molecule has 4 rings (SSSR count). The maximum absolute atomic E-state index is 12.9. The van der Waals surface area contributed by atoms with E-state index < -0.39 is 6.61 Å². The molecule has 1 fully saturated rings. The zero-order chi connectivity index (χ0) is 23.4. The number of ether oxygens (including phenoxy) is 1. The SMILES string of the molecule is CN(CCCC=O)c1ccc(-c2c(C#N)c3c(n2CC2CC2)=CC(OC(F)F)=CCC=3)cc1. The largest absolute Gasteiger partial charge is 0.435 e. The number of unbranched alkanes of at least 4 members (excludes halogenated alkanes) is 1. The number of hydrogen-bond acceptors (Lipinski definition) is 4. The zero-order valence-corrected chi connectivity index (χ0v) is 18.6. The smallest absolute Gasteiger partial charge is 0.387 e. The molecule has 2 aromatic rings. The van der Waals surface area contributed by atoms with Crippen LogP contribution in [-0.2, 0) is 16.1 Å². The van der Waals surface area contributed by atoms with Crippen LogP contribution in [0.25, 0.3) is 23.4 Å². The van der Waals surface area contributed by atoms with Crippen LogP contribution in [0.1, 0.15) is 37.7 Å². The molecule has 5 nitrogen and oxygen atoms in total. The Hall–Kier alpha value is -3.40. The number of carbonyl (C=O) groups is 1. The highest BCUT2D eigenvalue weighted by molar-refractivity contribution is 5.72. The molecule has 0 unspecified atom stereocenters. The van der Waals surface area contributed by atoms with E-state index >= 15 is 0 Å². The summed E-state index contributed by atoms with van der Waals surface area (Å²) >= 11 is 0. The summed E-state index contributed by atoms with van der Waals surface area (Å²) in [6.07, 6.45) is 10.1. The molecule has 0 radical (unpaired) electrons. The normalized spacial score (nSPS) is 14.9. The van der Waals surface area contributed by atoms with Crippen LogP contribution in [0.2, 0.25) is 0 Å². The number of rotatable bonds is 10. The molecule has 1 aromatic heterocycles. The van der Waals surface area contributed by atoms with Crippen molar-refractivity contribution >= 4 is 24.1 Å². The van der Waals surface area contributed by atoms with Crippen LogP contribution in [-0.4, -0.2) is 31.1 Å². The molecule has 1 aromatic carbocycles. The van der Waals surface area contributed by atoms with Crippen molar-refractivity contribution in [1.82, 2.24) is 4.57 Å². The van der Waals surface area contributed by atoms with Gasteiger partial charge in [-0.1, -0.05) is 18.2 Å². The molecule has 1 saturated carbocycles. The predicted octanol–water partition coefficient (Wildman–Crippen LogP) is 3.94. The fourth-order valence-corrected chi connectivity index (χ4v) is 4.27. The van der Waals surface area contributed by atoms with Gasteiger partial charge < -0.3 is 19.0 Å². The van der Waals surface area contributed by atoms with Gasteiger partial charge in [0.05, 0.1) is 16.6 Å². The summed E-state index contributed by atoms with van der Waals surface area (Å²) < 4.78 is 32.6. The van der Waals surface area contributed by atoms with E-state index in [1.165, 1.54) is 0 Å². The van der Waals surface area contributed by atoms with Crippen LogP contribution in [0.4, 0.5) is 14.5 Å². The highest BCUT2D eigenvalue weighted by Gasteiger charge is 2.26. The van der Waals surface area contributed by atoms with Crippen molar-refractivity contribution in [1.29, 1.82) is 5.26 Å². The number of aromatic nitrogens is 1. The summed E-state index contributed by atoms with van der Waals surface area (Å²) in [7, 11) is 1.99. The van der Waals surface area contributed by atoms with Crippen molar-refractivity contribution in [2.45, 2.75) is 45.3 Å². The van der Waals surface area contributed by atoms with Gasteiger partial charge in [0.25, 0.3) is 0 Å². The summed E-state index contributed by atoms with van der Waals surface area (Å²) in [4.78, 5) is 12.7. The lowest BCUT2D eigenvalue weighted by molar-refractivity contribution is -0.107. The van der Waals surface area contributed by atoms with Gasteiger partial charge in [0.2, 0.25) is 0 Å². The van der Waals surface area contributed by atoms with Crippen LogP contribution in [0, 0.1) is 17.2 Å². The second-order valence-corrected chi connectivity index (χ2v) is 8.53. The summed E-state index contributed by atoms with van der Waals surface area (Å²) in [6.45, 7) is -1.39. The van der Waals surface area contributed by atoms with Gasteiger partial charge in [-0.15, -0.1) is 0 Å². The first kappa shape index (κ1) is 22.8. The minimum absolute atomic E-state index is 0.123. The number of alkyl halides is 2. The number of nitriles is 1. The average Bonchev–Trinajstić information content (AvgIpc) is 3.60. The number of carbonyl (C=O) groups excluding carboxylic acids is 1. The Bertz CT molecular complexity index is 1200. The average molecular weight is 452 g/mol. The Morgan fingerprint density at radius 2 is 2.03 bits per heavy atom. The van der Waals surface area contributed by atoms with Crippen molar-refractivity contribution in [2.24, 2.45) is 5.92 Å². The zero-order valence-electron chi connectivity index (χ0n) is 18.6. The molecule has 1 heterocycles. The molecular weight excluding hydrogens is 424 g/mol. The summed E-state index contributed by atoms with van der Waals surface area (Å²) in [5.41, 5.74) is 3.31. The van der Waals surface area contributed by atoms with Crippen molar-refractivity contribution in [3.8, 4) is 17.3 Å². The summed E-state index contributed by atoms with van der Waals surface area (Å²) in [6, 6.07) is 10.4. The number of nitrogens with zero attached hydrogens (tertiary/aromatic N) is 3. The Kier molecular flexibility index (Phi) is 6.93. The van der Waals surface area contributed by atoms with Crippen molar-refractivity contribution < 1.29 is 18.3 Å². The molecular formula is C26H27F2N3O2. The number of aldehydes is 1. The van der Waals surface area contributed by atoms with Gasteiger partial charge in [-0.2, -0.15) is 14.0 Å². The monoisotopic (exact) mass is 451 g/mol. The Morgan fingerprint density at radius 3 is 2.67 bits per heavy atom. The molecule has 172 valence electrons. The number of fused-ring (bicyclic) bond motifs is 1. The first-order valence-corrected chi connectivity index (χ1v) is 11.3. The molecule has 7 heteroatoms. The number of halogens is 2. The maximum Gasteiger partial charge on any atom is 0.387 e. The first-order valence-electron chi connectivity index (χ1n) is 11.3. The van der Waals surface area contributed by atoms with Gasteiger partial charge in [0.1, 0.15) is 18.1 Å². The topological polar surface area (TPSA) is 58.3 Å². The van der Waals surface area contributed by atoms with Crippen molar-refractivity contribution in [2.75, 3.05) is 18.5 Å². The minimum atomic E-state index is -2.90. The number of benzene rings is 1. The van der Waals surface area contributed by atoms with E-state index in [0.29, 0.717) is 24.3 Å². The van der Waals surface area contributed by atoms with Gasteiger partial charge in [-0.25, -0.2) is 0 Å². The molecule has 2 aliphatic rings. The van der Waals surface area contributed by atoms with Gasteiger partial charge in [0, 0.05) is 43.5 Å². The number of anilines is 1. The predicted molar refractivity (Wildman–Crippen MR) is 124 cm³/mol. The lowest BCUT2D eigenvalue weighted by Crippen LogP contribution is -2.30. The van der Waals surface area contributed by atoms with Crippen LogP contribution in [0.3, 0.4) is 0 Å². The molecule has 2 aliphatic carbocycles. The standard InChI is InChI=1S/C26H27F2N3O2/c1-30(13-2-3-14-32)20-11-9-19(10-12-20)25-23(16-29)22-6-4-5-21(33-26(27)28)15-24(22)31(25)17-18-7-8-18/h5-6,9-12,14-15,18,26H,2-4,7-8,13,17H2,1H3. The maximum atomic E-state index is 12.9. The van der Waals surface area contributed by atoms with E-state index in [1.54, 1.807) is 12.2 Å². The molecule has 0 N–H and O–H groups in total. The summed E-state index contributed by atoms with van der Waals surface area (Å²) in [5, 5.41) is 11.6. The molecule has 0 atom stereocenters. The fraction of sp³-hybridized carbons (Fsp3) is 0.385. The molecule has 33 heavy (non-hydrogen) atoms. The molecule has 0 spiro atoms. The minimum Gasteiger partial charge on any atom is -0.435 e. The van der Waals surface area contributed by atoms with Crippen LogP contribution >= 0.6 is 0 Å². The van der Waals surface area contributed by atoms with Crippen molar-refractivity contribution in [3.05, 3.63) is 52.2 Å². The van der Waals surface area contributed by atoms with Crippen LogP contribution in [0.15, 0.2) is 36.1 Å². The second-order valence-electron chi connectivity index (χ2n) is 8.53. The van der Waals surface area contributed by atoms with Gasteiger partial charge in [-0.05, 0) is 55.4 Å². The third-order valence-electron chi connectivity index (χ3n) is 6.13. The lowest BCUT2D eigenvalue weighted by atomic mass is 10.1. The Morgan fingerprint density at radius 1 is 1.27 bits per heavy atom. The van der Waals surface area contributed by atoms with Crippen LogP contribution < -0.4 is 15.5 Å². The molecule has 0 amide bonds. The van der Waals surface area contributed by atoms with Gasteiger partial charge >= 0.3 is 6.61 Å². The number of allylic oxidation sites excluding steroid dienone is 2. The fourth-order valence-electron chi connectivity index (χ4n) is 4.27. The van der Waals surface area contributed by atoms with E-state index in [1.807, 2.05) is 37.4 Å². The highest BCUT2D eigenvalue weighted by Crippen LogP contribution is 2.33. The second kappa shape index (κ2) is 10.0. The van der Waals surface area contributed by atoms with E-state index in [0.717, 1.165) is 66.2 Å². The highest BCUT2D eigenvalue weighted by atomic mass is 19.3. The first-order chi connectivity index (χ1) is 16.0. The quantitative estimate of drug-likeness (QED) is 0.406. The third-order valence-corrected chi connectivity index (χ3v) is 6.13. The van der Waals surface area contributed by atoms with Crippen LogP contribution in [0.5, 0.6) is 0 Å². The van der Waals surface area contributed by atoms with Gasteiger partial charge in [-0.3, -0.25) is 0 Å². The third kappa shape index (κ3) is 5.16. The van der Waals surface area contributed by atoms with Crippen molar-refractivity contribution in [3.63, 3.8) is 0 Å². The Balaban J connectivity index is 1.77. The van der Waals surface area contributed by atoms with E-state index in [4.69, 9.17) is 4.74 Å².